The van der Waals surface area contributed by atoms with Gasteiger partial charge in [-0.1, -0.05) is 34.1 Å². The van der Waals surface area contributed by atoms with Crippen LogP contribution in [0.5, 0.6) is 0 Å². The predicted molar refractivity (Wildman–Crippen MR) is 82.1 cm³/mol. The van der Waals surface area contributed by atoms with E-state index in [1.807, 2.05) is 16.8 Å². The number of thioether (sulfide) groups is 1. The molecular formula is C13H17BrN4S. The maximum absolute atomic E-state index is 6.22. The fraction of sp³-hybridized carbons (Fsp3) is 0.385. The zero-order valence-electron chi connectivity index (χ0n) is 10.8. The molecule has 19 heavy (non-hydrogen) atoms. The largest absolute Gasteiger partial charge is 0.322 e. The van der Waals surface area contributed by atoms with Crippen LogP contribution in [0.3, 0.4) is 0 Å². The summed E-state index contributed by atoms with van der Waals surface area (Å²) in [6.07, 6.45) is 2.80. The molecule has 1 aromatic carbocycles. The summed E-state index contributed by atoms with van der Waals surface area (Å²) in [5.41, 5.74) is 7.23. The number of aryl methyl sites for hydroxylation is 1. The molecular weight excluding hydrogens is 324 g/mol. The molecule has 0 saturated carbocycles. The minimum atomic E-state index is -0.0504. The standard InChI is InChI=1S/C13H17BrN4S/c1-2-6-18-13(8-16-17-18)12(15)9-19-11-5-3-4-10(14)7-11/h3-5,7-8,12H,2,6,9,15H2,1H3. The highest BCUT2D eigenvalue weighted by Gasteiger charge is 2.12. The van der Waals surface area contributed by atoms with E-state index in [2.05, 4.69) is 45.3 Å². The molecule has 0 saturated heterocycles. The number of hydrogen-bond acceptors (Lipinski definition) is 4. The average Bonchev–Trinajstić information content (AvgIpc) is 2.85. The third-order valence-electron chi connectivity index (χ3n) is 2.69. The molecule has 1 heterocycles. The van der Waals surface area contributed by atoms with E-state index in [1.165, 1.54) is 4.90 Å². The predicted octanol–water partition coefficient (Wildman–Crippen LogP) is 3.24. The molecule has 102 valence electrons. The topological polar surface area (TPSA) is 56.7 Å². The summed E-state index contributed by atoms with van der Waals surface area (Å²) in [6, 6.07) is 8.18. The Balaban J connectivity index is 1.97. The van der Waals surface area contributed by atoms with E-state index < -0.39 is 0 Å². The van der Waals surface area contributed by atoms with Crippen LogP contribution in [0.2, 0.25) is 0 Å². The summed E-state index contributed by atoms with van der Waals surface area (Å²) in [4.78, 5) is 1.21. The number of halogens is 1. The monoisotopic (exact) mass is 340 g/mol. The van der Waals surface area contributed by atoms with Gasteiger partial charge in [-0.15, -0.1) is 16.9 Å². The van der Waals surface area contributed by atoms with Crippen LogP contribution >= 0.6 is 27.7 Å². The second kappa shape index (κ2) is 7.07. The van der Waals surface area contributed by atoms with E-state index >= 15 is 0 Å². The highest BCUT2D eigenvalue weighted by molar-refractivity contribution is 9.10. The molecule has 2 N–H and O–H groups in total. The van der Waals surface area contributed by atoms with Gasteiger partial charge in [0.15, 0.2) is 0 Å². The molecule has 1 aromatic heterocycles. The number of hydrogen-bond donors (Lipinski definition) is 1. The van der Waals surface area contributed by atoms with Gasteiger partial charge in [0, 0.05) is 21.7 Å². The molecule has 0 aliphatic rings. The Bertz CT molecular complexity index is 529. The Hall–Kier alpha value is -0.850. The number of rotatable bonds is 6. The van der Waals surface area contributed by atoms with Crippen molar-refractivity contribution in [3.63, 3.8) is 0 Å². The van der Waals surface area contributed by atoms with Crippen LogP contribution in [0.25, 0.3) is 0 Å². The molecule has 0 aliphatic carbocycles. The lowest BCUT2D eigenvalue weighted by Gasteiger charge is -2.12. The minimum Gasteiger partial charge on any atom is -0.322 e. The van der Waals surface area contributed by atoms with Gasteiger partial charge in [0.1, 0.15) is 0 Å². The molecule has 0 radical (unpaired) electrons. The zero-order chi connectivity index (χ0) is 13.7. The SMILES string of the molecule is CCCn1nncc1C(N)CSc1cccc(Br)c1. The fourth-order valence-corrected chi connectivity index (χ4v) is 3.25. The van der Waals surface area contributed by atoms with Crippen LogP contribution < -0.4 is 5.73 Å². The number of benzene rings is 1. The quantitative estimate of drug-likeness (QED) is 0.820. The zero-order valence-corrected chi connectivity index (χ0v) is 13.2. The molecule has 0 spiro atoms. The smallest absolute Gasteiger partial charge is 0.0762 e. The Morgan fingerprint density at radius 1 is 1.47 bits per heavy atom. The van der Waals surface area contributed by atoms with Gasteiger partial charge in [0.05, 0.1) is 17.9 Å². The summed E-state index contributed by atoms with van der Waals surface area (Å²) < 4.78 is 2.98. The highest BCUT2D eigenvalue weighted by atomic mass is 79.9. The molecule has 6 heteroatoms. The molecule has 0 bridgehead atoms. The van der Waals surface area contributed by atoms with Crippen molar-refractivity contribution in [3.8, 4) is 0 Å². The Kier molecular flexibility index (Phi) is 5.42. The molecule has 0 amide bonds. The molecule has 0 fully saturated rings. The molecule has 0 aliphatic heterocycles. The second-order valence-corrected chi connectivity index (χ2v) is 6.27. The average molecular weight is 341 g/mol. The molecule has 2 rings (SSSR count). The maximum Gasteiger partial charge on any atom is 0.0762 e. The van der Waals surface area contributed by atoms with Crippen molar-refractivity contribution in [1.82, 2.24) is 15.0 Å². The van der Waals surface area contributed by atoms with Crippen molar-refractivity contribution in [1.29, 1.82) is 0 Å². The summed E-state index contributed by atoms with van der Waals surface area (Å²) in [5, 5.41) is 8.01. The Labute approximate surface area is 125 Å². The fourth-order valence-electron chi connectivity index (χ4n) is 1.77. The van der Waals surface area contributed by atoms with E-state index in [0.717, 1.165) is 28.9 Å². The Morgan fingerprint density at radius 3 is 3.05 bits per heavy atom. The molecule has 2 aromatic rings. The Morgan fingerprint density at radius 2 is 2.32 bits per heavy atom. The first-order valence-electron chi connectivity index (χ1n) is 6.23. The number of nitrogens with zero attached hydrogens (tertiary/aromatic N) is 3. The first-order valence-corrected chi connectivity index (χ1v) is 8.01. The lowest BCUT2D eigenvalue weighted by Crippen LogP contribution is -2.18. The van der Waals surface area contributed by atoms with Crippen LogP contribution in [0.1, 0.15) is 25.1 Å². The van der Waals surface area contributed by atoms with E-state index in [0.29, 0.717) is 0 Å². The van der Waals surface area contributed by atoms with Gasteiger partial charge in [0.2, 0.25) is 0 Å². The van der Waals surface area contributed by atoms with Crippen LogP contribution in [0.15, 0.2) is 39.8 Å². The summed E-state index contributed by atoms with van der Waals surface area (Å²) >= 11 is 5.22. The summed E-state index contributed by atoms with van der Waals surface area (Å²) in [5.74, 6) is 0.813. The maximum atomic E-state index is 6.22. The first-order chi connectivity index (χ1) is 9.20. The lowest BCUT2D eigenvalue weighted by molar-refractivity contribution is 0.539. The van der Waals surface area contributed by atoms with Crippen molar-refractivity contribution < 1.29 is 0 Å². The highest BCUT2D eigenvalue weighted by Crippen LogP contribution is 2.25. The van der Waals surface area contributed by atoms with Crippen LogP contribution in [0.4, 0.5) is 0 Å². The van der Waals surface area contributed by atoms with E-state index in [-0.39, 0.29) is 6.04 Å². The van der Waals surface area contributed by atoms with E-state index in [9.17, 15) is 0 Å². The minimum absolute atomic E-state index is 0.0504. The molecule has 4 nitrogen and oxygen atoms in total. The normalized spacial score (nSPS) is 12.6. The van der Waals surface area contributed by atoms with Crippen LogP contribution in [0, 0.1) is 0 Å². The van der Waals surface area contributed by atoms with Gasteiger partial charge in [-0.05, 0) is 24.6 Å². The molecule has 1 unspecified atom stereocenters. The van der Waals surface area contributed by atoms with Crippen molar-refractivity contribution in [2.75, 3.05) is 5.75 Å². The number of nitrogens with two attached hydrogens (primary N) is 1. The number of aromatic nitrogens is 3. The van der Waals surface area contributed by atoms with E-state index in [1.54, 1.807) is 18.0 Å². The third-order valence-corrected chi connectivity index (χ3v) is 4.29. The van der Waals surface area contributed by atoms with Gasteiger partial charge in [-0.25, -0.2) is 4.68 Å². The second-order valence-electron chi connectivity index (χ2n) is 4.26. The van der Waals surface area contributed by atoms with Gasteiger partial charge in [-0.3, -0.25) is 0 Å². The third kappa shape index (κ3) is 4.06. The van der Waals surface area contributed by atoms with Crippen molar-refractivity contribution in [2.24, 2.45) is 5.73 Å². The lowest BCUT2D eigenvalue weighted by atomic mass is 10.2. The first kappa shape index (κ1) is 14.6. The summed E-state index contributed by atoms with van der Waals surface area (Å²) in [6.45, 7) is 2.98. The van der Waals surface area contributed by atoms with E-state index in [4.69, 9.17) is 5.73 Å². The van der Waals surface area contributed by atoms with Crippen LogP contribution in [-0.2, 0) is 6.54 Å². The molecule has 1 atom stereocenters. The van der Waals surface area contributed by atoms with Gasteiger partial charge in [0.25, 0.3) is 0 Å². The van der Waals surface area contributed by atoms with Crippen molar-refractivity contribution in [2.45, 2.75) is 30.8 Å². The van der Waals surface area contributed by atoms with Gasteiger partial charge < -0.3 is 5.73 Å². The summed E-state index contributed by atoms with van der Waals surface area (Å²) in [7, 11) is 0. The van der Waals surface area contributed by atoms with Crippen LogP contribution in [-0.4, -0.2) is 20.7 Å². The van der Waals surface area contributed by atoms with Crippen molar-refractivity contribution in [3.05, 3.63) is 40.6 Å². The van der Waals surface area contributed by atoms with Gasteiger partial charge >= 0.3 is 0 Å². The van der Waals surface area contributed by atoms with Gasteiger partial charge in [-0.2, -0.15) is 0 Å². The van der Waals surface area contributed by atoms with Crippen molar-refractivity contribution >= 4 is 27.7 Å².